The summed E-state index contributed by atoms with van der Waals surface area (Å²) in [5, 5.41) is 11.7. The van der Waals surface area contributed by atoms with Gasteiger partial charge in [0.15, 0.2) is 0 Å². The summed E-state index contributed by atoms with van der Waals surface area (Å²) in [5.41, 5.74) is -0.885. The number of carbonyl (C=O) groups is 1. The second-order valence-electron chi connectivity index (χ2n) is 5.39. The first-order chi connectivity index (χ1) is 11.9. The van der Waals surface area contributed by atoms with Gasteiger partial charge < -0.3 is 10.2 Å². The van der Waals surface area contributed by atoms with Gasteiger partial charge in [0.1, 0.15) is 30.0 Å². The molecule has 25 heavy (non-hydrogen) atoms. The quantitative estimate of drug-likeness (QED) is 0.923. The summed E-state index contributed by atoms with van der Waals surface area (Å²) in [5.74, 6) is -0.204. The first-order valence-corrected chi connectivity index (χ1v) is 7.36. The smallest absolute Gasteiger partial charge is 0.358 e. The summed E-state index contributed by atoms with van der Waals surface area (Å²) < 4.78 is 39.5. The second-order valence-corrected chi connectivity index (χ2v) is 5.39. The largest absolute Gasteiger partial charge is 0.418 e. The average Bonchev–Trinajstić information content (AvgIpc) is 2.95. The normalized spacial score (nSPS) is 17.4. The highest BCUT2D eigenvalue weighted by Gasteiger charge is 2.39. The van der Waals surface area contributed by atoms with E-state index >= 15 is 0 Å². The zero-order valence-electron chi connectivity index (χ0n) is 12.8. The highest BCUT2D eigenvalue weighted by molar-refractivity contribution is 6.01. The molecule has 6 nitrogen and oxygen atoms in total. The Morgan fingerprint density at radius 1 is 1.28 bits per heavy atom. The Hall–Kier alpha value is -3.15. The van der Waals surface area contributed by atoms with Crippen molar-refractivity contribution in [3.8, 4) is 6.07 Å². The molecular weight excluding hydrogens is 335 g/mol. The van der Waals surface area contributed by atoms with Crippen LogP contribution in [0.3, 0.4) is 0 Å². The molecule has 9 heteroatoms. The molecule has 0 aliphatic carbocycles. The number of halogens is 3. The lowest BCUT2D eigenvalue weighted by Crippen LogP contribution is -2.34. The van der Waals surface area contributed by atoms with Crippen molar-refractivity contribution in [2.45, 2.75) is 18.6 Å². The number of rotatable bonds is 3. The topological polar surface area (TPSA) is 81.9 Å². The third kappa shape index (κ3) is 3.38. The van der Waals surface area contributed by atoms with Crippen molar-refractivity contribution in [3.05, 3.63) is 47.9 Å². The molecule has 1 fully saturated rings. The predicted molar refractivity (Wildman–Crippen MR) is 82.6 cm³/mol. The molecule has 0 radical (unpaired) electrons. The van der Waals surface area contributed by atoms with E-state index in [4.69, 9.17) is 5.26 Å². The van der Waals surface area contributed by atoms with Crippen molar-refractivity contribution in [2.24, 2.45) is 0 Å². The molecule has 1 unspecified atom stereocenters. The molecule has 1 amide bonds. The van der Waals surface area contributed by atoms with Crippen LogP contribution in [0, 0.1) is 11.3 Å². The van der Waals surface area contributed by atoms with Crippen LogP contribution >= 0.6 is 0 Å². The van der Waals surface area contributed by atoms with E-state index in [0.717, 1.165) is 11.0 Å². The van der Waals surface area contributed by atoms with Gasteiger partial charge in [0.05, 0.1) is 11.3 Å². The Morgan fingerprint density at radius 3 is 2.76 bits per heavy atom. The number of benzene rings is 1. The number of hydrogen-bond acceptors (Lipinski definition) is 5. The third-order valence-electron chi connectivity index (χ3n) is 3.81. The number of carbonyl (C=O) groups excluding carboxylic acids is 1. The van der Waals surface area contributed by atoms with Crippen LogP contribution in [0.5, 0.6) is 0 Å². The number of nitriles is 1. The molecule has 1 aliphatic heterocycles. The maximum Gasteiger partial charge on any atom is 0.418 e. The lowest BCUT2D eigenvalue weighted by atomic mass is 10.1. The first-order valence-electron chi connectivity index (χ1n) is 7.36. The number of aromatic nitrogens is 2. The highest BCUT2D eigenvalue weighted by atomic mass is 19.4. The number of alkyl halides is 3. The molecule has 128 valence electrons. The SMILES string of the molecule is N#Cc1cc(NC2CCN(c3ccccc3C(F)(F)F)C2=O)ncn1. The fourth-order valence-corrected chi connectivity index (χ4v) is 2.68. The van der Waals surface area contributed by atoms with Gasteiger partial charge in [-0.3, -0.25) is 4.79 Å². The van der Waals surface area contributed by atoms with Crippen LogP contribution in [0.15, 0.2) is 36.7 Å². The van der Waals surface area contributed by atoms with Gasteiger partial charge in [0, 0.05) is 12.6 Å². The minimum absolute atomic E-state index is 0.127. The van der Waals surface area contributed by atoms with Gasteiger partial charge in [-0.05, 0) is 18.6 Å². The van der Waals surface area contributed by atoms with Crippen LogP contribution < -0.4 is 10.2 Å². The Bertz CT molecular complexity index is 846. The van der Waals surface area contributed by atoms with Crippen LogP contribution in [-0.2, 0) is 11.0 Å². The minimum atomic E-state index is -4.54. The fourth-order valence-electron chi connectivity index (χ4n) is 2.68. The lowest BCUT2D eigenvalue weighted by Gasteiger charge is -2.21. The highest BCUT2D eigenvalue weighted by Crippen LogP contribution is 2.38. The van der Waals surface area contributed by atoms with Crippen molar-refractivity contribution in [2.75, 3.05) is 16.8 Å². The summed E-state index contributed by atoms with van der Waals surface area (Å²) in [6.45, 7) is 0.153. The molecule has 2 aromatic rings. The minimum Gasteiger partial charge on any atom is -0.358 e. The molecule has 1 aromatic heterocycles. The van der Waals surface area contributed by atoms with Gasteiger partial charge in [0.25, 0.3) is 0 Å². The molecule has 0 bridgehead atoms. The second kappa shape index (κ2) is 6.39. The summed E-state index contributed by atoms with van der Waals surface area (Å²) in [4.78, 5) is 21.3. The maximum absolute atomic E-state index is 13.2. The molecule has 1 atom stereocenters. The van der Waals surface area contributed by atoms with Crippen LogP contribution in [0.25, 0.3) is 0 Å². The van der Waals surface area contributed by atoms with Gasteiger partial charge in [-0.2, -0.15) is 18.4 Å². The zero-order chi connectivity index (χ0) is 18.0. The van der Waals surface area contributed by atoms with Crippen molar-refractivity contribution >= 4 is 17.4 Å². The van der Waals surface area contributed by atoms with E-state index in [1.807, 2.05) is 6.07 Å². The molecule has 2 heterocycles. The van der Waals surface area contributed by atoms with E-state index < -0.39 is 23.7 Å². The van der Waals surface area contributed by atoms with Crippen LogP contribution in [0.2, 0.25) is 0 Å². The number of nitrogens with one attached hydrogen (secondary N) is 1. The van der Waals surface area contributed by atoms with E-state index in [9.17, 15) is 18.0 Å². The third-order valence-corrected chi connectivity index (χ3v) is 3.81. The number of anilines is 2. The molecule has 1 saturated heterocycles. The van der Waals surface area contributed by atoms with Crippen LogP contribution in [0.1, 0.15) is 17.7 Å². The summed E-state index contributed by atoms with van der Waals surface area (Å²) in [7, 11) is 0. The molecular formula is C16H12F3N5O. The lowest BCUT2D eigenvalue weighted by molar-refractivity contribution is -0.137. The van der Waals surface area contributed by atoms with Gasteiger partial charge >= 0.3 is 6.18 Å². The van der Waals surface area contributed by atoms with E-state index in [2.05, 4.69) is 15.3 Å². The first kappa shape index (κ1) is 16.7. The van der Waals surface area contributed by atoms with Crippen LogP contribution in [-0.4, -0.2) is 28.5 Å². The van der Waals surface area contributed by atoms with E-state index in [1.54, 1.807) is 0 Å². The maximum atomic E-state index is 13.2. The molecule has 1 aromatic carbocycles. The molecule has 0 spiro atoms. The summed E-state index contributed by atoms with van der Waals surface area (Å²) in [6.07, 6.45) is -3.05. The predicted octanol–water partition coefficient (Wildman–Crippen LogP) is 2.58. The Labute approximate surface area is 140 Å². The van der Waals surface area contributed by atoms with Crippen molar-refractivity contribution in [3.63, 3.8) is 0 Å². The van der Waals surface area contributed by atoms with Crippen molar-refractivity contribution in [1.29, 1.82) is 5.26 Å². The molecule has 1 aliphatic rings. The van der Waals surface area contributed by atoms with Crippen LogP contribution in [0.4, 0.5) is 24.7 Å². The van der Waals surface area contributed by atoms with Crippen molar-refractivity contribution in [1.82, 2.24) is 9.97 Å². The zero-order valence-corrected chi connectivity index (χ0v) is 12.8. The summed E-state index contributed by atoms with van der Waals surface area (Å²) >= 11 is 0. The number of amides is 1. The number of para-hydroxylation sites is 1. The Balaban J connectivity index is 1.82. The average molecular weight is 347 g/mol. The molecule has 0 saturated carbocycles. The van der Waals surface area contributed by atoms with Gasteiger partial charge in [-0.15, -0.1) is 0 Å². The van der Waals surface area contributed by atoms with Gasteiger partial charge in [-0.1, -0.05) is 12.1 Å². The van der Waals surface area contributed by atoms with Gasteiger partial charge in [-0.25, -0.2) is 9.97 Å². The molecule has 3 rings (SSSR count). The summed E-state index contributed by atoms with van der Waals surface area (Å²) in [6, 6.07) is 7.48. The fraction of sp³-hybridized carbons (Fsp3) is 0.250. The number of nitrogens with zero attached hydrogens (tertiary/aromatic N) is 4. The van der Waals surface area contributed by atoms with E-state index in [0.29, 0.717) is 6.42 Å². The van der Waals surface area contributed by atoms with Crippen molar-refractivity contribution < 1.29 is 18.0 Å². The molecule has 1 N–H and O–H groups in total. The standard InChI is InChI=1S/C16H12F3N5O/c17-16(18,19)11-3-1-2-4-13(11)24-6-5-12(15(24)25)23-14-7-10(8-20)21-9-22-14/h1-4,7,9,12H,5-6H2,(H,21,22,23). The van der Waals surface area contributed by atoms with E-state index in [-0.39, 0.29) is 23.7 Å². The van der Waals surface area contributed by atoms with E-state index in [1.165, 1.54) is 30.6 Å². The monoisotopic (exact) mass is 347 g/mol. The Morgan fingerprint density at radius 2 is 2.04 bits per heavy atom. The van der Waals surface area contributed by atoms with Gasteiger partial charge in [0.2, 0.25) is 5.91 Å². The Kier molecular flexibility index (Phi) is 4.27. The number of hydrogen-bond donors (Lipinski definition) is 1.